The highest BCUT2D eigenvalue weighted by Gasteiger charge is 2.08. The van der Waals surface area contributed by atoms with Crippen molar-refractivity contribution in [3.63, 3.8) is 0 Å². The maximum atomic E-state index is 8.64. The second-order valence-electron chi connectivity index (χ2n) is 3.98. The van der Waals surface area contributed by atoms with Gasteiger partial charge in [0.25, 0.3) is 0 Å². The van der Waals surface area contributed by atoms with Crippen LogP contribution in [-0.2, 0) is 0 Å². The van der Waals surface area contributed by atoms with Crippen molar-refractivity contribution in [2.24, 2.45) is 11.8 Å². The Morgan fingerprint density at radius 1 is 0.750 bits per heavy atom. The molecule has 0 aromatic heterocycles. The first-order valence-corrected chi connectivity index (χ1v) is 5.52. The van der Waals surface area contributed by atoms with Crippen molar-refractivity contribution in [2.75, 3.05) is 0 Å². The molecule has 0 fully saturated rings. The molecule has 0 heterocycles. The molecule has 0 spiro atoms. The average molecular weight is 210 g/mol. The third-order valence-corrected chi connectivity index (χ3v) is 2.57. The van der Waals surface area contributed by atoms with Gasteiger partial charge in [-0.05, 0) is 11.8 Å². The minimum atomic E-state index is 0.289. The highest BCUT2D eigenvalue weighted by molar-refractivity contribution is 5.10. The molecule has 1 aliphatic rings. The first kappa shape index (κ1) is 12.2. The molecule has 0 atom stereocenters. The van der Waals surface area contributed by atoms with Crippen LogP contribution in [0.25, 0.3) is 0 Å². The van der Waals surface area contributed by atoms with E-state index in [1.807, 2.05) is 0 Å². The molecule has 0 unspecified atom stereocenters. The van der Waals surface area contributed by atoms with Gasteiger partial charge in [0.15, 0.2) is 0 Å². The molecule has 1 rings (SSSR count). The number of hydrogen-bond donors (Lipinski definition) is 0. The highest BCUT2D eigenvalue weighted by atomic mass is 14.2. The fraction of sp³-hybridized carbons (Fsp3) is 0.571. The minimum absolute atomic E-state index is 0.289. The summed E-state index contributed by atoms with van der Waals surface area (Å²) >= 11 is 0. The zero-order valence-electron chi connectivity index (χ0n) is 9.29. The lowest BCUT2D eigenvalue weighted by atomic mass is 9.94. The molecular weight excluding hydrogens is 196 g/mol. The number of rotatable bonds is 2. The molecular formula is C14H14N2. The Kier molecular flexibility index (Phi) is 5.63. The topological polar surface area (TPSA) is 47.6 Å². The van der Waals surface area contributed by atoms with Crippen LogP contribution in [0.2, 0.25) is 0 Å². The molecule has 0 aromatic carbocycles. The Balaban J connectivity index is 2.58. The monoisotopic (exact) mass is 210 g/mol. The van der Waals surface area contributed by atoms with Gasteiger partial charge in [-0.15, -0.1) is 23.7 Å². The smallest absolute Gasteiger partial charge is 0.0625 e. The summed E-state index contributed by atoms with van der Waals surface area (Å²) in [7, 11) is 0. The summed E-state index contributed by atoms with van der Waals surface area (Å²) in [6, 6.07) is 4.34. The normalized spacial score (nSPS) is 23.6. The van der Waals surface area contributed by atoms with E-state index in [1.54, 1.807) is 0 Å². The predicted octanol–water partition coefficient (Wildman–Crippen LogP) is 2.63. The van der Waals surface area contributed by atoms with Gasteiger partial charge in [0.1, 0.15) is 0 Å². The van der Waals surface area contributed by atoms with E-state index in [1.165, 1.54) is 0 Å². The van der Waals surface area contributed by atoms with E-state index in [4.69, 9.17) is 10.5 Å². The molecule has 0 radical (unpaired) electrons. The van der Waals surface area contributed by atoms with Crippen LogP contribution in [-0.4, -0.2) is 0 Å². The van der Waals surface area contributed by atoms with Gasteiger partial charge in [0.2, 0.25) is 0 Å². The summed E-state index contributed by atoms with van der Waals surface area (Å²) in [5, 5.41) is 17.3. The molecule has 0 saturated heterocycles. The predicted molar refractivity (Wildman–Crippen MR) is 61.5 cm³/mol. The molecule has 80 valence electrons. The average Bonchev–Trinajstić information content (AvgIpc) is 2.29. The van der Waals surface area contributed by atoms with Crippen LogP contribution >= 0.6 is 0 Å². The summed E-state index contributed by atoms with van der Waals surface area (Å²) in [5.74, 6) is 13.0. The molecule has 1 aliphatic carbocycles. The maximum absolute atomic E-state index is 8.64. The molecule has 0 saturated carbocycles. The summed E-state index contributed by atoms with van der Waals surface area (Å²) in [4.78, 5) is 0. The lowest BCUT2D eigenvalue weighted by Crippen LogP contribution is -2.00. The van der Waals surface area contributed by atoms with E-state index in [9.17, 15) is 0 Å². The lowest BCUT2D eigenvalue weighted by Gasteiger charge is -2.08. The standard InChI is InChI=1S/C14H14N2/c15-11-9-13-5-1-2-6-14(10-12-16)8-4-3-7-13/h13-14H,5-10H2. The molecule has 0 bridgehead atoms. The second-order valence-corrected chi connectivity index (χ2v) is 3.98. The van der Waals surface area contributed by atoms with Crippen LogP contribution in [0.5, 0.6) is 0 Å². The van der Waals surface area contributed by atoms with Crippen LogP contribution in [0.4, 0.5) is 0 Å². The summed E-state index contributed by atoms with van der Waals surface area (Å²) in [5.41, 5.74) is 0. The quantitative estimate of drug-likeness (QED) is 0.658. The van der Waals surface area contributed by atoms with Gasteiger partial charge < -0.3 is 0 Å². The number of nitrogens with zero attached hydrogens (tertiary/aromatic N) is 2. The Hall–Kier alpha value is -1.90. The molecule has 0 aromatic rings. The van der Waals surface area contributed by atoms with Gasteiger partial charge in [-0.1, -0.05) is 0 Å². The first-order chi connectivity index (χ1) is 7.86. The SMILES string of the molecule is N#CCC1CC#CCC(CC#N)CC#CC1. The van der Waals surface area contributed by atoms with Crippen molar-refractivity contribution in [1.29, 1.82) is 10.5 Å². The van der Waals surface area contributed by atoms with Gasteiger partial charge in [-0.2, -0.15) is 10.5 Å². The molecule has 0 N–H and O–H groups in total. The Morgan fingerprint density at radius 2 is 1.06 bits per heavy atom. The zero-order chi connectivity index (χ0) is 11.6. The Labute approximate surface area is 97.3 Å². The van der Waals surface area contributed by atoms with Crippen molar-refractivity contribution in [3.8, 4) is 35.8 Å². The van der Waals surface area contributed by atoms with Crippen molar-refractivity contribution in [1.82, 2.24) is 0 Å². The lowest BCUT2D eigenvalue weighted by molar-refractivity contribution is 0.556. The van der Waals surface area contributed by atoms with Gasteiger partial charge >= 0.3 is 0 Å². The molecule has 0 aliphatic heterocycles. The second kappa shape index (κ2) is 7.40. The fourth-order valence-corrected chi connectivity index (χ4v) is 1.56. The van der Waals surface area contributed by atoms with E-state index in [0.717, 1.165) is 25.7 Å². The van der Waals surface area contributed by atoms with Crippen molar-refractivity contribution in [2.45, 2.75) is 38.5 Å². The number of nitriles is 2. The number of hydrogen-bond acceptors (Lipinski definition) is 2. The van der Waals surface area contributed by atoms with Gasteiger partial charge in [0.05, 0.1) is 12.1 Å². The van der Waals surface area contributed by atoms with Crippen LogP contribution in [0, 0.1) is 58.2 Å². The van der Waals surface area contributed by atoms with Gasteiger partial charge in [-0.25, -0.2) is 0 Å². The van der Waals surface area contributed by atoms with Gasteiger partial charge in [-0.3, -0.25) is 0 Å². The van der Waals surface area contributed by atoms with Crippen LogP contribution in [0.1, 0.15) is 38.5 Å². The van der Waals surface area contributed by atoms with Crippen molar-refractivity contribution < 1.29 is 0 Å². The molecule has 2 heteroatoms. The van der Waals surface area contributed by atoms with Crippen molar-refractivity contribution >= 4 is 0 Å². The minimum Gasteiger partial charge on any atom is -0.198 e. The van der Waals surface area contributed by atoms with Crippen LogP contribution in [0.3, 0.4) is 0 Å². The summed E-state index contributed by atoms with van der Waals surface area (Å²) in [6.45, 7) is 0. The Bertz CT molecular complexity index is 352. The van der Waals surface area contributed by atoms with Gasteiger partial charge in [0, 0.05) is 38.5 Å². The van der Waals surface area contributed by atoms with E-state index in [0.29, 0.717) is 12.8 Å². The summed E-state index contributed by atoms with van der Waals surface area (Å²) in [6.07, 6.45) is 4.07. The van der Waals surface area contributed by atoms with E-state index in [2.05, 4.69) is 35.8 Å². The van der Waals surface area contributed by atoms with Crippen LogP contribution < -0.4 is 0 Å². The molecule has 0 amide bonds. The third kappa shape index (κ3) is 4.55. The Morgan fingerprint density at radius 3 is 1.31 bits per heavy atom. The maximum Gasteiger partial charge on any atom is 0.0625 e. The zero-order valence-corrected chi connectivity index (χ0v) is 9.29. The summed E-state index contributed by atoms with van der Waals surface area (Å²) < 4.78 is 0. The fourth-order valence-electron chi connectivity index (χ4n) is 1.56. The van der Waals surface area contributed by atoms with Crippen molar-refractivity contribution in [3.05, 3.63) is 0 Å². The third-order valence-electron chi connectivity index (χ3n) is 2.57. The van der Waals surface area contributed by atoms with E-state index in [-0.39, 0.29) is 11.8 Å². The van der Waals surface area contributed by atoms with E-state index < -0.39 is 0 Å². The first-order valence-electron chi connectivity index (χ1n) is 5.52. The molecule has 2 nitrogen and oxygen atoms in total. The molecule has 16 heavy (non-hydrogen) atoms. The van der Waals surface area contributed by atoms with E-state index >= 15 is 0 Å². The van der Waals surface area contributed by atoms with Crippen LogP contribution in [0.15, 0.2) is 0 Å². The highest BCUT2D eigenvalue weighted by Crippen LogP contribution is 2.15. The largest absolute Gasteiger partial charge is 0.198 e.